The fraction of sp³-hybridized carbons (Fsp3) is 0.211. The van der Waals surface area contributed by atoms with Gasteiger partial charge < -0.3 is 9.47 Å². The molecule has 3 aromatic rings. The molecule has 0 radical (unpaired) electrons. The zero-order valence-corrected chi connectivity index (χ0v) is 16.1. The van der Waals surface area contributed by atoms with E-state index in [2.05, 4.69) is 9.82 Å². The van der Waals surface area contributed by atoms with Gasteiger partial charge in [0.25, 0.3) is 0 Å². The normalized spacial score (nSPS) is 12.6. The maximum atomic E-state index is 12.8. The van der Waals surface area contributed by atoms with Crippen LogP contribution in [0.2, 0.25) is 0 Å². The van der Waals surface area contributed by atoms with Gasteiger partial charge in [-0.05, 0) is 37.3 Å². The first-order valence-corrected chi connectivity index (χ1v) is 9.77. The van der Waals surface area contributed by atoms with Gasteiger partial charge in [0.05, 0.1) is 32.3 Å². The van der Waals surface area contributed by atoms with Gasteiger partial charge >= 0.3 is 0 Å². The lowest BCUT2D eigenvalue weighted by atomic mass is 10.1. The van der Waals surface area contributed by atoms with Crippen molar-refractivity contribution in [1.82, 2.24) is 14.5 Å². The first kappa shape index (κ1) is 18.9. The molecule has 0 amide bonds. The van der Waals surface area contributed by atoms with Crippen LogP contribution in [0.3, 0.4) is 0 Å². The molecule has 2 aromatic carbocycles. The largest absolute Gasteiger partial charge is 0.497 e. The van der Waals surface area contributed by atoms with Gasteiger partial charge in [-0.2, -0.15) is 5.10 Å². The average molecular weight is 387 g/mol. The summed E-state index contributed by atoms with van der Waals surface area (Å²) in [6.45, 7) is 1.75. The Morgan fingerprint density at radius 3 is 2.48 bits per heavy atom. The molecule has 0 bridgehead atoms. The number of para-hydroxylation sites is 1. The average Bonchev–Trinajstić information content (AvgIpc) is 3.19. The summed E-state index contributed by atoms with van der Waals surface area (Å²) in [4.78, 5) is 0.0834. The minimum absolute atomic E-state index is 0.0834. The zero-order chi connectivity index (χ0) is 19.4. The second-order valence-electron chi connectivity index (χ2n) is 5.91. The van der Waals surface area contributed by atoms with E-state index in [4.69, 9.17) is 9.47 Å². The third-order valence-corrected chi connectivity index (χ3v) is 5.62. The highest BCUT2D eigenvalue weighted by Crippen LogP contribution is 2.30. The molecule has 1 unspecified atom stereocenters. The Balaban J connectivity index is 1.86. The summed E-state index contributed by atoms with van der Waals surface area (Å²) in [6, 6.07) is 14.0. The zero-order valence-electron chi connectivity index (χ0n) is 15.3. The van der Waals surface area contributed by atoms with E-state index < -0.39 is 16.1 Å². The van der Waals surface area contributed by atoms with E-state index in [1.165, 1.54) is 24.2 Å². The van der Waals surface area contributed by atoms with Crippen molar-refractivity contribution < 1.29 is 17.9 Å². The molecular formula is C19H21N3O4S. The molecule has 8 heteroatoms. The number of hydrogen-bond donors (Lipinski definition) is 1. The number of rotatable bonds is 7. The van der Waals surface area contributed by atoms with E-state index in [0.29, 0.717) is 17.1 Å². The third-order valence-electron chi connectivity index (χ3n) is 4.13. The quantitative estimate of drug-likeness (QED) is 0.674. The van der Waals surface area contributed by atoms with Crippen molar-refractivity contribution in [3.63, 3.8) is 0 Å². The standard InChI is InChI=1S/C19H21N3O4S/c1-14(18-11-16(25-2)9-10-19(18)26-3)21-27(23,24)17-12-20-22(13-17)15-7-5-4-6-8-15/h4-14,21H,1-3H3. The summed E-state index contributed by atoms with van der Waals surface area (Å²) in [7, 11) is -0.677. The molecular weight excluding hydrogens is 366 g/mol. The molecule has 0 saturated heterocycles. The number of aromatic nitrogens is 2. The van der Waals surface area contributed by atoms with E-state index >= 15 is 0 Å². The molecule has 0 aliphatic rings. The van der Waals surface area contributed by atoms with Crippen molar-refractivity contribution in [3.05, 3.63) is 66.5 Å². The molecule has 0 saturated carbocycles. The lowest BCUT2D eigenvalue weighted by molar-refractivity contribution is 0.395. The molecule has 0 aliphatic carbocycles. The van der Waals surface area contributed by atoms with Gasteiger partial charge in [0, 0.05) is 11.6 Å². The van der Waals surface area contributed by atoms with Crippen LogP contribution in [0.25, 0.3) is 5.69 Å². The van der Waals surface area contributed by atoms with Crippen LogP contribution in [-0.4, -0.2) is 32.4 Å². The van der Waals surface area contributed by atoms with Crippen LogP contribution >= 0.6 is 0 Å². The van der Waals surface area contributed by atoms with Crippen LogP contribution < -0.4 is 14.2 Å². The van der Waals surface area contributed by atoms with E-state index in [0.717, 1.165) is 5.69 Å². The Hall–Kier alpha value is -2.84. The van der Waals surface area contributed by atoms with Crippen molar-refractivity contribution in [2.24, 2.45) is 0 Å². The van der Waals surface area contributed by atoms with Crippen molar-refractivity contribution >= 4 is 10.0 Å². The van der Waals surface area contributed by atoms with Crippen LogP contribution in [0.1, 0.15) is 18.5 Å². The highest BCUT2D eigenvalue weighted by molar-refractivity contribution is 7.89. The Labute approximate surface area is 158 Å². The van der Waals surface area contributed by atoms with Crippen molar-refractivity contribution in [3.8, 4) is 17.2 Å². The number of methoxy groups -OCH3 is 2. The summed E-state index contributed by atoms with van der Waals surface area (Å²) in [5.41, 5.74) is 1.46. The van der Waals surface area contributed by atoms with Crippen LogP contribution in [0.4, 0.5) is 0 Å². The van der Waals surface area contributed by atoms with Crippen molar-refractivity contribution in [1.29, 1.82) is 0 Å². The van der Waals surface area contributed by atoms with Crippen LogP contribution in [-0.2, 0) is 10.0 Å². The SMILES string of the molecule is COc1ccc(OC)c(C(C)NS(=O)(=O)c2cnn(-c3ccccc3)c2)c1. The van der Waals surface area contributed by atoms with Gasteiger partial charge in [0.1, 0.15) is 16.4 Å². The lowest BCUT2D eigenvalue weighted by Gasteiger charge is -2.17. The highest BCUT2D eigenvalue weighted by atomic mass is 32.2. The van der Waals surface area contributed by atoms with Gasteiger partial charge in [-0.15, -0.1) is 0 Å². The van der Waals surface area contributed by atoms with Gasteiger partial charge in [-0.1, -0.05) is 18.2 Å². The minimum Gasteiger partial charge on any atom is -0.497 e. The van der Waals surface area contributed by atoms with E-state index in [1.54, 1.807) is 32.2 Å². The maximum Gasteiger partial charge on any atom is 0.244 e. The summed E-state index contributed by atoms with van der Waals surface area (Å²) in [5, 5.41) is 4.15. The van der Waals surface area contributed by atoms with Gasteiger partial charge in [-0.25, -0.2) is 17.8 Å². The number of ether oxygens (including phenoxy) is 2. The number of nitrogens with zero attached hydrogens (tertiary/aromatic N) is 2. The molecule has 1 aromatic heterocycles. The molecule has 27 heavy (non-hydrogen) atoms. The monoisotopic (exact) mass is 387 g/mol. The predicted octanol–water partition coefficient (Wildman–Crippen LogP) is 2.93. The maximum absolute atomic E-state index is 12.8. The Bertz CT molecular complexity index is 1020. The molecule has 0 spiro atoms. The van der Waals surface area contributed by atoms with Gasteiger partial charge in [-0.3, -0.25) is 0 Å². The number of hydrogen-bond acceptors (Lipinski definition) is 5. The second-order valence-corrected chi connectivity index (χ2v) is 7.62. The summed E-state index contributed by atoms with van der Waals surface area (Å²) in [5.74, 6) is 1.19. The fourth-order valence-electron chi connectivity index (χ4n) is 2.71. The first-order valence-electron chi connectivity index (χ1n) is 8.29. The van der Waals surface area contributed by atoms with Crippen molar-refractivity contribution in [2.75, 3.05) is 14.2 Å². The van der Waals surface area contributed by atoms with Gasteiger partial charge in [0.2, 0.25) is 10.0 Å². The Morgan fingerprint density at radius 2 is 1.81 bits per heavy atom. The molecule has 0 fully saturated rings. The van der Waals surface area contributed by atoms with Crippen molar-refractivity contribution in [2.45, 2.75) is 17.9 Å². The predicted molar refractivity (Wildman–Crippen MR) is 102 cm³/mol. The molecule has 7 nitrogen and oxygen atoms in total. The summed E-state index contributed by atoms with van der Waals surface area (Å²) in [6.07, 6.45) is 2.80. The number of sulfonamides is 1. The van der Waals surface area contributed by atoms with E-state index in [9.17, 15) is 8.42 Å². The highest BCUT2D eigenvalue weighted by Gasteiger charge is 2.22. The molecule has 1 N–H and O–H groups in total. The van der Waals surface area contributed by atoms with E-state index in [1.807, 2.05) is 30.3 Å². The minimum atomic E-state index is -3.77. The summed E-state index contributed by atoms with van der Waals surface area (Å²) >= 11 is 0. The van der Waals surface area contributed by atoms with Crippen LogP contribution in [0, 0.1) is 0 Å². The van der Waals surface area contributed by atoms with Gasteiger partial charge in [0.15, 0.2) is 0 Å². The second kappa shape index (κ2) is 7.81. The molecule has 142 valence electrons. The molecule has 0 aliphatic heterocycles. The number of nitrogens with one attached hydrogen (secondary N) is 1. The fourth-order valence-corrected chi connectivity index (χ4v) is 3.86. The van der Waals surface area contributed by atoms with Crippen LogP contribution in [0.15, 0.2) is 65.8 Å². The molecule has 1 heterocycles. The molecule has 1 atom stereocenters. The first-order chi connectivity index (χ1) is 12.9. The van der Waals surface area contributed by atoms with Crippen LogP contribution in [0.5, 0.6) is 11.5 Å². The number of benzene rings is 2. The Morgan fingerprint density at radius 1 is 1.07 bits per heavy atom. The summed E-state index contributed by atoms with van der Waals surface area (Å²) < 4.78 is 40.3. The van der Waals surface area contributed by atoms with E-state index in [-0.39, 0.29) is 4.90 Å². The Kier molecular flexibility index (Phi) is 5.48. The lowest BCUT2D eigenvalue weighted by Crippen LogP contribution is -2.27. The third kappa shape index (κ3) is 4.12. The molecule has 3 rings (SSSR count). The topological polar surface area (TPSA) is 82.4 Å². The smallest absolute Gasteiger partial charge is 0.244 e.